The van der Waals surface area contributed by atoms with Gasteiger partial charge in [0.25, 0.3) is 0 Å². The fraction of sp³-hybridized carbons (Fsp3) is 0.364. The van der Waals surface area contributed by atoms with E-state index in [0.29, 0.717) is 0 Å². The topological polar surface area (TPSA) is 57.5 Å². The Balaban J connectivity index is 2.26. The van der Waals surface area contributed by atoms with E-state index in [1.54, 1.807) is 0 Å². The minimum absolute atomic E-state index is 0.0806. The van der Waals surface area contributed by atoms with Crippen molar-refractivity contribution in [3.05, 3.63) is 35.4 Å². The Morgan fingerprint density at radius 2 is 2.00 bits per heavy atom. The molecule has 0 atom stereocenters. The maximum atomic E-state index is 13.3. The molecule has 0 heterocycles. The third kappa shape index (κ3) is 1.67. The zero-order valence-electron chi connectivity index (χ0n) is 8.28. The molecule has 3 nitrogen and oxygen atoms in total. The van der Waals surface area contributed by atoms with Crippen molar-refractivity contribution in [1.82, 2.24) is 0 Å². The van der Waals surface area contributed by atoms with Crippen LogP contribution in [0.1, 0.15) is 18.4 Å². The normalized spacial score (nSPS) is 28.6. The number of carboxylic acids is 1. The SMILES string of the molecule is O=C(O)C1CC(O)(c2cc(F)ccc2F)C1. The first kappa shape index (κ1) is 11.0. The van der Waals surface area contributed by atoms with Crippen molar-refractivity contribution < 1.29 is 23.8 Å². The predicted octanol–water partition coefficient (Wildman–Crippen LogP) is 1.65. The molecular formula is C11H10F2O3. The van der Waals surface area contributed by atoms with Gasteiger partial charge in [0, 0.05) is 5.56 Å². The summed E-state index contributed by atoms with van der Waals surface area (Å²) in [6.07, 6.45) is -0.161. The summed E-state index contributed by atoms with van der Waals surface area (Å²) in [6.45, 7) is 0. The van der Waals surface area contributed by atoms with E-state index in [0.717, 1.165) is 18.2 Å². The zero-order chi connectivity index (χ0) is 11.9. The minimum Gasteiger partial charge on any atom is -0.481 e. The monoisotopic (exact) mass is 228 g/mol. The highest BCUT2D eigenvalue weighted by atomic mass is 19.1. The van der Waals surface area contributed by atoms with E-state index in [9.17, 15) is 18.7 Å². The van der Waals surface area contributed by atoms with E-state index in [1.807, 2.05) is 0 Å². The first-order valence-electron chi connectivity index (χ1n) is 4.83. The quantitative estimate of drug-likeness (QED) is 0.809. The van der Waals surface area contributed by atoms with Crippen LogP contribution < -0.4 is 0 Å². The summed E-state index contributed by atoms with van der Waals surface area (Å²) in [4.78, 5) is 10.6. The van der Waals surface area contributed by atoms with Crippen LogP contribution in [0.5, 0.6) is 0 Å². The average molecular weight is 228 g/mol. The number of halogens is 2. The zero-order valence-corrected chi connectivity index (χ0v) is 8.28. The Morgan fingerprint density at radius 1 is 1.38 bits per heavy atom. The van der Waals surface area contributed by atoms with Crippen molar-refractivity contribution in [2.24, 2.45) is 5.92 Å². The Kier molecular flexibility index (Phi) is 2.42. The van der Waals surface area contributed by atoms with Gasteiger partial charge in [-0.05, 0) is 31.0 Å². The van der Waals surface area contributed by atoms with Gasteiger partial charge in [0.2, 0.25) is 0 Å². The lowest BCUT2D eigenvalue weighted by Crippen LogP contribution is -2.45. The first-order valence-corrected chi connectivity index (χ1v) is 4.83. The molecular weight excluding hydrogens is 218 g/mol. The molecule has 0 aromatic heterocycles. The summed E-state index contributed by atoms with van der Waals surface area (Å²) in [5, 5.41) is 18.6. The molecule has 5 heteroatoms. The van der Waals surface area contributed by atoms with Gasteiger partial charge in [-0.3, -0.25) is 4.79 Å². The van der Waals surface area contributed by atoms with Crippen LogP contribution in [0.3, 0.4) is 0 Å². The maximum absolute atomic E-state index is 13.3. The van der Waals surface area contributed by atoms with Crippen molar-refractivity contribution in [1.29, 1.82) is 0 Å². The summed E-state index contributed by atoms with van der Waals surface area (Å²) in [5.74, 6) is -3.08. The smallest absolute Gasteiger partial charge is 0.306 e. The molecule has 16 heavy (non-hydrogen) atoms. The molecule has 0 saturated heterocycles. The van der Waals surface area contributed by atoms with Crippen LogP contribution in [0.25, 0.3) is 0 Å². The molecule has 0 aliphatic heterocycles. The molecule has 1 aliphatic rings. The van der Waals surface area contributed by atoms with Crippen LogP contribution in [0.2, 0.25) is 0 Å². The average Bonchev–Trinajstić information content (AvgIpc) is 2.16. The molecule has 1 saturated carbocycles. The van der Waals surface area contributed by atoms with Gasteiger partial charge in [-0.1, -0.05) is 0 Å². The maximum Gasteiger partial charge on any atom is 0.306 e. The van der Waals surface area contributed by atoms with Crippen molar-refractivity contribution in [3.8, 4) is 0 Å². The Labute approximate surface area is 90.3 Å². The van der Waals surface area contributed by atoms with Gasteiger partial charge in [-0.15, -0.1) is 0 Å². The molecule has 1 fully saturated rings. The van der Waals surface area contributed by atoms with Gasteiger partial charge in [-0.2, -0.15) is 0 Å². The van der Waals surface area contributed by atoms with Crippen molar-refractivity contribution >= 4 is 5.97 Å². The van der Waals surface area contributed by atoms with E-state index in [1.165, 1.54) is 0 Å². The third-order valence-electron chi connectivity index (χ3n) is 2.95. The third-order valence-corrected chi connectivity index (χ3v) is 2.95. The summed E-state index contributed by atoms with van der Waals surface area (Å²) in [5.41, 5.74) is -1.71. The lowest BCUT2D eigenvalue weighted by atomic mass is 9.67. The molecule has 0 spiro atoms. The summed E-state index contributed by atoms with van der Waals surface area (Å²) in [7, 11) is 0. The highest BCUT2D eigenvalue weighted by Gasteiger charge is 2.48. The molecule has 0 radical (unpaired) electrons. The molecule has 1 aliphatic carbocycles. The van der Waals surface area contributed by atoms with Crippen molar-refractivity contribution in [2.75, 3.05) is 0 Å². The van der Waals surface area contributed by atoms with Crippen molar-refractivity contribution in [2.45, 2.75) is 18.4 Å². The fourth-order valence-corrected chi connectivity index (χ4v) is 2.00. The Hall–Kier alpha value is -1.49. The van der Waals surface area contributed by atoms with Gasteiger partial charge in [-0.25, -0.2) is 8.78 Å². The number of aliphatic hydroxyl groups is 1. The molecule has 1 aromatic carbocycles. The van der Waals surface area contributed by atoms with E-state index in [4.69, 9.17) is 5.11 Å². The van der Waals surface area contributed by atoms with E-state index < -0.39 is 29.1 Å². The van der Waals surface area contributed by atoms with Crippen LogP contribution in [0.4, 0.5) is 8.78 Å². The van der Waals surface area contributed by atoms with Crippen LogP contribution in [0.15, 0.2) is 18.2 Å². The van der Waals surface area contributed by atoms with Crippen LogP contribution in [0, 0.1) is 17.6 Å². The molecule has 0 unspecified atom stereocenters. The molecule has 2 rings (SSSR count). The second kappa shape index (κ2) is 3.52. The van der Waals surface area contributed by atoms with Gasteiger partial charge in [0.15, 0.2) is 0 Å². The summed E-state index contributed by atoms with van der Waals surface area (Å²) < 4.78 is 26.2. The van der Waals surface area contributed by atoms with Gasteiger partial charge >= 0.3 is 5.97 Å². The lowest BCUT2D eigenvalue weighted by molar-refractivity contribution is -0.159. The number of hydrogen-bond donors (Lipinski definition) is 2. The number of carbonyl (C=O) groups is 1. The Morgan fingerprint density at radius 3 is 2.56 bits per heavy atom. The highest BCUT2D eigenvalue weighted by Crippen LogP contribution is 2.46. The van der Waals surface area contributed by atoms with E-state index >= 15 is 0 Å². The largest absolute Gasteiger partial charge is 0.481 e. The second-order valence-electron chi connectivity index (χ2n) is 4.10. The standard InChI is InChI=1S/C11H10F2O3/c12-7-1-2-9(13)8(3-7)11(16)4-6(5-11)10(14)15/h1-3,6,16H,4-5H2,(H,14,15). The fourth-order valence-electron chi connectivity index (χ4n) is 2.00. The molecule has 2 N–H and O–H groups in total. The summed E-state index contributed by atoms with van der Waals surface area (Å²) >= 11 is 0. The van der Waals surface area contributed by atoms with E-state index in [-0.39, 0.29) is 18.4 Å². The van der Waals surface area contributed by atoms with Gasteiger partial charge in [0.05, 0.1) is 11.5 Å². The number of carboxylic acid groups (broad SMARTS) is 1. The Bertz CT molecular complexity index is 439. The molecule has 86 valence electrons. The van der Waals surface area contributed by atoms with Crippen LogP contribution in [-0.2, 0) is 10.4 Å². The minimum atomic E-state index is -1.55. The van der Waals surface area contributed by atoms with Gasteiger partial charge in [0.1, 0.15) is 11.6 Å². The summed E-state index contributed by atoms with van der Waals surface area (Å²) in [6, 6.07) is 2.79. The number of aliphatic carboxylic acids is 1. The predicted molar refractivity (Wildman–Crippen MR) is 50.6 cm³/mol. The highest BCUT2D eigenvalue weighted by molar-refractivity contribution is 5.71. The first-order chi connectivity index (χ1) is 7.42. The van der Waals surface area contributed by atoms with Crippen molar-refractivity contribution in [3.63, 3.8) is 0 Å². The van der Waals surface area contributed by atoms with Crippen LogP contribution in [-0.4, -0.2) is 16.2 Å². The molecule has 1 aromatic rings. The van der Waals surface area contributed by atoms with Crippen LogP contribution >= 0.6 is 0 Å². The lowest BCUT2D eigenvalue weighted by Gasteiger charge is -2.41. The number of hydrogen-bond acceptors (Lipinski definition) is 2. The molecule has 0 bridgehead atoms. The van der Waals surface area contributed by atoms with Gasteiger partial charge < -0.3 is 10.2 Å². The number of rotatable bonds is 2. The molecule has 0 amide bonds. The number of benzene rings is 1. The second-order valence-corrected chi connectivity index (χ2v) is 4.10. The van der Waals surface area contributed by atoms with E-state index in [2.05, 4.69) is 0 Å².